The number of hydrogen-bond acceptors (Lipinski definition) is 3. The molecular formula is C13H22Br2N2S. The fraction of sp³-hybridized carbons (Fsp3) is 0.692. The molecule has 1 rings (SSSR count). The first-order chi connectivity index (χ1) is 8.40. The number of hydrogen-bond donors (Lipinski definition) is 1. The largest absolute Gasteiger partial charge is 0.310 e. The molecule has 1 heterocycles. The van der Waals surface area contributed by atoms with Crippen LogP contribution >= 0.6 is 43.2 Å². The van der Waals surface area contributed by atoms with Crippen molar-refractivity contribution in [2.75, 3.05) is 20.6 Å². The molecule has 0 amide bonds. The Balaban J connectivity index is 2.38. The topological polar surface area (TPSA) is 15.3 Å². The zero-order valence-electron chi connectivity index (χ0n) is 11.5. The summed E-state index contributed by atoms with van der Waals surface area (Å²) >= 11 is 8.83. The summed E-state index contributed by atoms with van der Waals surface area (Å²) in [5, 5.41) is 3.56. The predicted molar refractivity (Wildman–Crippen MR) is 88.4 cm³/mol. The lowest BCUT2D eigenvalue weighted by molar-refractivity contribution is 0.247. The van der Waals surface area contributed by atoms with E-state index in [4.69, 9.17) is 0 Å². The third-order valence-corrected chi connectivity index (χ3v) is 6.11. The summed E-state index contributed by atoms with van der Waals surface area (Å²) in [6, 6.07) is 2.78. The predicted octanol–water partition coefficient (Wildman–Crippen LogP) is 4.34. The molecule has 0 aliphatic rings. The summed E-state index contributed by atoms with van der Waals surface area (Å²) in [6.45, 7) is 6.55. The van der Waals surface area contributed by atoms with E-state index in [2.05, 4.69) is 76.1 Å². The van der Waals surface area contributed by atoms with Crippen LogP contribution in [0.4, 0.5) is 0 Å². The molecule has 1 aromatic rings. The van der Waals surface area contributed by atoms with E-state index in [-0.39, 0.29) is 0 Å². The van der Waals surface area contributed by atoms with Gasteiger partial charge in [-0.2, -0.15) is 0 Å². The van der Waals surface area contributed by atoms with Gasteiger partial charge < -0.3 is 10.2 Å². The zero-order chi connectivity index (χ0) is 13.7. The Morgan fingerprint density at radius 1 is 1.33 bits per heavy atom. The lowest BCUT2D eigenvalue weighted by Crippen LogP contribution is -2.38. The zero-order valence-corrected chi connectivity index (χ0v) is 15.5. The maximum atomic E-state index is 3.56. The average Bonchev–Trinajstić information content (AvgIpc) is 2.56. The van der Waals surface area contributed by atoms with Gasteiger partial charge in [-0.3, -0.25) is 0 Å². The van der Waals surface area contributed by atoms with Gasteiger partial charge in [-0.05, 0) is 64.4 Å². The molecule has 0 aliphatic carbocycles. The smallest absolute Gasteiger partial charge is 0.0843 e. The van der Waals surface area contributed by atoms with E-state index in [9.17, 15) is 0 Å². The van der Waals surface area contributed by atoms with Crippen molar-refractivity contribution in [3.63, 3.8) is 0 Å². The van der Waals surface area contributed by atoms with Gasteiger partial charge in [-0.15, -0.1) is 11.3 Å². The number of likely N-dealkylation sites (N-methyl/N-ethyl adjacent to an activating group) is 1. The summed E-state index contributed by atoms with van der Waals surface area (Å²) in [4.78, 5) is 3.67. The fourth-order valence-electron chi connectivity index (χ4n) is 1.86. The Kier molecular flexibility index (Phi) is 7.39. The first-order valence-corrected chi connectivity index (χ1v) is 8.61. The van der Waals surface area contributed by atoms with E-state index < -0.39 is 0 Å². The van der Waals surface area contributed by atoms with Crippen LogP contribution in [0.2, 0.25) is 0 Å². The van der Waals surface area contributed by atoms with Crippen LogP contribution in [-0.2, 0) is 6.54 Å². The van der Waals surface area contributed by atoms with Gasteiger partial charge in [0.25, 0.3) is 0 Å². The quantitative estimate of drug-likeness (QED) is 0.736. The van der Waals surface area contributed by atoms with Gasteiger partial charge in [0.2, 0.25) is 0 Å². The Labute approximate surface area is 131 Å². The lowest BCUT2D eigenvalue weighted by atomic mass is 10.0. The minimum atomic E-state index is 0.608. The molecule has 104 valence electrons. The van der Waals surface area contributed by atoms with Crippen LogP contribution in [0.5, 0.6) is 0 Å². The normalized spacial score (nSPS) is 13.6. The van der Waals surface area contributed by atoms with E-state index in [1.165, 1.54) is 15.1 Å². The van der Waals surface area contributed by atoms with Crippen LogP contribution in [0.25, 0.3) is 0 Å². The van der Waals surface area contributed by atoms with Crippen LogP contribution in [0.15, 0.2) is 14.3 Å². The van der Waals surface area contributed by atoms with Crippen molar-refractivity contribution in [2.24, 2.45) is 5.92 Å². The van der Waals surface area contributed by atoms with Gasteiger partial charge in [0, 0.05) is 28.5 Å². The Hall–Kier alpha value is 0.580. The maximum Gasteiger partial charge on any atom is 0.0843 e. The third kappa shape index (κ3) is 5.70. The van der Waals surface area contributed by atoms with Crippen molar-refractivity contribution in [3.8, 4) is 0 Å². The fourth-order valence-corrected chi connectivity index (χ4v) is 4.01. The molecule has 1 aromatic heterocycles. The number of halogens is 2. The van der Waals surface area contributed by atoms with Crippen LogP contribution in [0.1, 0.15) is 25.1 Å². The highest BCUT2D eigenvalue weighted by Crippen LogP contribution is 2.32. The third-order valence-electron chi connectivity index (χ3n) is 2.85. The molecule has 5 heteroatoms. The van der Waals surface area contributed by atoms with Gasteiger partial charge >= 0.3 is 0 Å². The van der Waals surface area contributed by atoms with E-state index >= 15 is 0 Å². The summed E-state index contributed by atoms with van der Waals surface area (Å²) in [5.41, 5.74) is 0. The molecule has 2 nitrogen and oxygen atoms in total. The molecule has 0 spiro atoms. The molecule has 0 fully saturated rings. The van der Waals surface area contributed by atoms with Gasteiger partial charge in [-0.1, -0.05) is 13.8 Å². The molecule has 1 N–H and O–H groups in total. The number of thiophene rings is 1. The summed E-state index contributed by atoms with van der Waals surface area (Å²) in [5.74, 6) is 0.740. The molecule has 0 aromatic carbocycles. The van der Waals surface area contributed by atoms with E-state index in [0.29, 0.717) is 6.04 Å². The number of nitrogens with one attached hydrogen (secondary N) is 1. The highest BCUT2D eigenvalue weighted by molar-refractivity contribution is 9.13. The molecule has 0 radical (unpaired) electrons. The second-order valence-electron chi connectivity index (χ2n) is 5.21. The Morgan fingerprint density at radius 2 is 2.00 bits per heavy atom. The molecule has 0 aliphatic heterocycles. The van der Waals surface area contributed by atoms with E-state index in [1.54, 1.807) is 11.3 Å². The van der Waals surface area contributed by atoms with E-state index in [1.807, 2.05) is 0 Å². The van der Waals surface area contributed by atoms with Gasteiger partial charge in [0.1, 0.15) is 0 Å². The van der Waals surface area contributed by atoms with Gasteiger partial charge in [0.05, 0.1) is 3.79 Å². The summed E-state index contributed by atoms with van der Waals surface area (Å²) in [7, 11) is 4.32. The van der Waals surface area contributed by atoms with Crippen molar-refractivity contribution in [2.45, 2.75) is 32.9 Å². The molecule has 18 heavy (non-hydrogen) atoms. The SMILES string of the molecule is CC(C)CC(CNCc1cc(Br)c(Br)s1)N(C)C. The van der Waals surface area contributed by atoms with Gasteiger partial charge in [-0.25, -0.2) is 0 Å². The molecule has 0 saturated heterocycles. The first-order valence-electron chi connectivity index (χ1n) is 6.21. The van der Waals surface area contributed by atoms with Crippen LogP contribution in [0, 0.1) is 5.92 Å². The highest BCUT2D eigenvalue weighted by Gasteiger charge is 2.13. The summed E-state index contributed by atoms with van der Waals surface area (Å²) < 4.78 is 2.32. The van der Waals surface area contributed by atoms with Crippen LogP contribution in [0.3, 0.4) is 0 Å². The van der Waals surface area contributed by atoms with Gasteiger partial charge in [0.15, 0.2) is 0 Å². The average molecular weight is 398 g/mol. The minimum absolute atomic E-state index is 0.608. The van der Waals surface area contributed by atoms with Crippen molar-refractivity contribution in [3.05, 3.63) is 19.2 Å². The van der Waals surface area contributed by atoms with Crippen molar-refractivity contribution in [1.82, 2.24) is 10.2 Å². The van der Waals surface area contributed by atoms with Crippen molar-refractivity contribution >= 4 is 43.2 Å². The molecular weight excluding hydrogens is 376 g/mol. The van der Waals surface area contributed by atoms with Crippen molar-refractivity contribution < 1.29 is 0 Å². The standard InChI is InChI=1S/C13H22Br2N2S/c1-9(2)5-10(17(3)4)7-16-8-11-6-12(14)13(15)18-11/h6,9-10,16H,5,7-8H2,1-4H3. The molecule has 0 saturated carbocycles. The van der Waals surface area contributed by atoms with Crippen LogP contribution < -0.4 is 5.32 Å². The molecule has 1 atom stereocenters. The van der Waals surface area contributed by atoms with Crippen LogP contribution in [-0.4, -0.2) is 31.6 Å². The highest BCUT2D eigenvalue weighted by atomic mass is 79.9. The monoisotopic (exact) mass is 396 g/mol. The lowest BCUT2D eigenvalue weighted by Gasteiger charge is -2.26. The second kappa shape index (κ2) is 8.00. The Morgan fingerprint density at radius 3 is 2.44 bits per heavy atom. The molecule has 0 bridgehead atoms. The summed E-state index contributed by atoms with van der Waals surface area (Å²) in [6.07, 6.45) is 1.23. The minimum Gasteiger partial charge on any atom is -0.310 e. The number of rotatable bonds is 7. The number of nitrogens with zero attached hydrogens (tertiary/aromatic N) is 1. The second-order valence-corrected chi connectivity index (χ2v) is 8.52. The molecule has 1 unspecified atom stereocenters. The van der Waals surface area contributed by atoms with E-state index in [0.717, 1.165) is 23.5 Å². The van der Waals surface area contributed by atoms with Crippen molar-refractivity contribution in [1.29, 1.82) is 0 Å². The maximum absolute atomic E-state index is 3.56. The first kappa shape index (κ1) is 16.6. The Bertz CT molecular complexity index is 344.